The van der Waals surface area contributed by atoms with Crippen LogP contribution in [0.2, 0.25) is 0 Å². The molecule has 0 unspecified atom stereocenters. The van der Waals surface area contributed by atoms with Crippen molar-refractivity contribution in [3.63, 3.8) is 0 Å². The minimum Gasteiger partial charge on any atom is -0.455 e. The molecule has 0 radical (unpaired) electrons. The SMILES string of the molecule is c1ccc(-c2ccc(N(c3ccc(-c4cccc5c4oc4ccccc45)cc3)c3cccc(-c4cccc5ccccc45)c3)cc2)cc1. The van der Waals surface area contributed by atoms with E-state index in [1.807, 2.05) is 12.1 Å². The number of rotatable bonds is 6. The van der Waals surface area contributed by atoms with E-state index in [2.05, 4.69) is 181 Å². The number of furan rings is 1. The van der Waals surface area contributed by atoms with Crippen molar-refractivity contribution in [1.29, 1.82) is 0 Å². The molecule has 0 aliphatic carbocycles. The number of hydrogen-bond donors (Lipinski definition) is 0. The van der Waals surface area contributed by atoms with Gasteiger partial charge in [-0.05, 0) is 81.1 Å². The highest BCUT2D eigenvalue weighted by Gasteiger charge is 2.16. The van der Waals surface area contributed by atoms with Crippen molar-refractivity contribution in [3.8, 4) is 33.4 Å². The Morgan fingerprint density at radius 3 is 1.71 bits per heavy atom. The maximum absolute atomic E-state index is 6.38. The zero-order valence-electron chi connectivity index (χ0n) is 26.3. The lowest BCUT2D eigenvalue weighted by Gasteiger charge is -2.26. The number of hydrogen-bond acceptors (Lipinski definition) is 2. The van der Waals surface area contributed by atoms with Crippen LogP contribution in [0.3, 0.4) is 0 Å². The second-order valence-corrected chi connectivity index (χ2v) is 12.2. The van der Waals surface area contributed by atoms with Gasteiger partial charge in [-0.1, -0.05) is 146 Å². The number of benzene rings is 8. The number of fused-ring (bicyclic) bond motifs is 4. The zero-order chi connectivity index (χ0) is 31.9. The lowest BCUT2D eigenvalue weighted by Crippen LogP contribution is -2.10. The maximum Gasteiger partial charge on any atom is 0.143 e. The first-order chi connectivity index (χ1) is 23.8. The molecule has 1 aromatic heterocycles. The van der Waals surface area contributed by atoms with Crippen LogP contribution < -0.4 is 4.90 Å². The van der Waals surface area contributed by atoms with Crippen molar-refractivity contribution in [2.45, 2.75) is 0 Å². The predicted molar refractivity (Wildman–Crippen MR) is 202 cm³/mol. The molecule has 9 rings (SSSR count). The standard InChI is InChI=1S/C46H31NO/c1-2-11-32(12-3-1)33-23-27-37(28-24-33)47(39-16-8-15-36(31-39)41-19-9-14-34-13-4-5-17-40(34)41)38-29-25-35(26-30-38)42-20-10-21-44-43-18-6-7-22-45(43)48-46(42)44/h1-31H. The van der Waals surface area contributed by atoms with Crippen LogP contribution in [0.4, 0.5) is 17.1 Å². The van der Waals surface area contributed by atoms with Gasteiger partial charge in [-0.3, -0.25) is 0 Å². The third-order valence-electron chi connectivity index (χ3n) is 9.28. The van der Waals surface area contributed by atoms with Gasteiger partial charge in [0.05, 0.1) is 0 Å². The molecular weight excluding hydrogens is 583 g/mol. The Labute approximate surface area is 279 Å². The Balaban J connectivity index is 1.16. The predicted octanol–water partition coefficient (Wildman–Crippen LogP) is 13.2. The summed E-state index contributed by atoms with van der Waals surface area (Å²) in [7, 11) is 0. The van der Waals surface area contributed by atoms with Crippen LogP contribution in [-0.2, 0) is 0 Å². The molecule has 48 heavy (non-hydrogen) atoms. The first-order valence-electron chi connectivity index (χ1n) is 16.3. The van der Waals surface area contributed by atoms with Gasteiger partial charge in [0.15, 0.2) is 0 Å². The second-order valence-electron chi connectivity index (χ2n) is 12.2. The smallest absolute Gasteiger partial charge is 0.143 e. The van der Waals surface area contributed by atoms with Gasteiger partial charge in [-0.15, -0.1) is 0 Å². The lowest BCUT2D eigenvalue weighted by molar-refractivity contribution is 0.670. The lowest BCUT2D eigenvalue weighted by atomic mass is 9.97. The van der Waals surface area contributed by atoms with E-state index in [0.717, 1.165) is 50.1 Å². The molecule has 0 bridgehead atoms. The minimum absolute atomic E-state index is 0.910. The summed E-state index contributed by atoms with van der Waals surface area (Å²) in [5, 5.41) is 4.77. The van der Waals surface area contributed by atoms with Gasteiger partial charge in [-0.25, -0.2) is 0 Å². The monoisotopic (exact) mass is 613 g/mol. The van der Waals surface area contributed by atoms with Crippen molar-refractivity contribution in [1.82, 2.24) is 0 Å². The first kappa shape index (κ1) is 27.9. The topological polar surface area (TPSA) is 16.4 Å². The van der Waals surface area contributed by atoms with Crippen LogP contribution >= 0.6 is 0 Å². The molecule has 0 atom stereocenters. The molecule has 2 heteroatoms. The summed E-state index contributed by atoms with van der Waals surface area (Å²) < 4.78 is 6.38. The summed E-state index contributed by atoms with van der Waals surface area (Å²) in [5.41, 5.74) is 12.1. The van der Waals surface area contributed by atoms with Crippen LogP contribution in [-0.4, -0.2) is 0 Å². The van der Waals surface area contributed by atoms with Crippen molar-refractivity contribution < 1.29 is 4.42 Å². The Hall–Kier alpha value is -6.38. The average Bonchev–Trinajstić information content (AvgIpc) is 3.55. The summed E-state index contributed by atoms with van der Waals surface area (Å²) in [4.78, 5) is 2.34. The fourth-order valence-corrected chi connectivity index (χ4v) is 6.93. The number of anilines is 3. The first-order valence-corrected chi connectivity index (χ1v) is 16.3. The third kappa shape index (κ3) is 4.92. The molecule has 1 heterocycles. The molecule has 0 saturated heterocycles. The normalized spacial score (nSPS) is 11.3. The summed E-state index contributed by atoms with van der Waals surface area (Å²) in [5.74, 6) is 0. The van der Waals surface area contributed by atoms with Crippen LogP contribution in [0.5, 0.6) is 0 Å². The quantitative estimate of drug-likeness (QED) is 0.185. The molecule has 0 amide bonds. The van der Waals surface area contributed by atoms with Crippen LogP contribution in [0.1, 0.15) is 0 Å². The van der Waals surface area contributed by atoms with Gasteiger partial charge < -0.3 is 9.32 Å². The van der Waals surface area contributed by atoms with Gasteiger partial charge in [0.25, 0.3) is 0 Å². The Bertz CT molecular complexity index is 2540. The highest BCUT2D eigenvalue weighted by molar-refractivity contribution is 6.09. The van der Waals surface area contributed by atoms with Crippen LogP contribution in [0, 0.1) is 0 Å². The Kier molecular flexibility index (Phi) is 6.84. The molecule has 0 spiro atoms. The van der Waals surface area contributed by atoms with E-state index in [1.54, 1.807) is 0 Å². The second kappa shape index (κ2) is 11.8. The largest absolute Gasteiger partial charge is 0.455 e. The molecule has 226 valence electrons. The van der Waals surface area contributed by atoms with E-state index < -0.39 is 0 Å². The zero-order valence-corrected chi connectivity index (χ0v) is 26.3. The van der Waals surface area contributed by atoms with E-state index in [4.69, 9.17) is 4.42 Å². The molecule has 8 aromatic carbocycles. The van der Waals surface area contributed by atoms with Gasteiger partial charge >= 0.3 is 0 Å². The summed E-state index contributed by atoms with van der Waals surface area (Å²) >= 11 is 0. The minimum atomic E-state index is 0.910. The van der Waals surface area contributed by atoms with Gasteiger partial charge in [-0.2, -0.15) is 0 Å². The maximum atomic E-state index is 6.38. The molecule has 0 saturated carbocycles. The van der Waals surface area contributed by atoms with Crippen LogP contribution in [0.15, 0.2) is 192 Å². The fourth-order valence-electron chi connectivity index (χ4n) is 6.93. The number of para-hydroxylation sites is 2. The molecule has 0 fully saturated rings. The molecule has 0 N–H and O–H groups in total. The van der Waals surface area contributed by atoms with E-state index in [-0.39, 0.29) is 0 Å². The van der Waals surface area contributed by atoms with E-state index in [1.165, 1.54) is 33.0 Å². The Morgan fingerprint density at radius 1 is 0.333 bits per heavy atom. The highest BCUT2D eigenvalue weighted by Crippen LogP contribution is 2.41. The van der Waals surface area contributed by atoms with Crippen molar-refractivity contribution in [2.75, 3.05) is 4.90 Å². The molecule has 9 aromatic rings. The molecule has 0 aliphatic heterocycles. The van der Waals surface area contributed by atoms with Crippen molar-refractivity contribution >= 4 is 49.8 Å². The van der Waals surface area contributed by atoms with Crippen molar-refractivity contribution in [3.05, 3.63) is 188 Å². The average molecular weight is 614 g/mol. The summed E-state index contributed by atoms with van der Waals surface area (Å²) in [6, 6.07) is 66.9. The van der Waals surface area contributed by atoms with Crippen LogP contribution in [0.25, 0.3) is 66.1 Å². The molecule has 2 nitrogen and oxygen atoms in total. The van der Waals surface area contributed by atoms with Gasteiger partial charge in [0, 0.05) is 33.4 Å². The highest BCUT2D eigenvalue weighted by atomic mass is 16.3. The summed E-state index contributed by atoms with van der Waals surface area (Å²) in [6.07, 6.45) is 0. The molecular formula is C46H31NO. The van der Waals surface area contributed by atoms with Gasteiger partial charge in [0.1, 0.15) is 11.2 Å². The van der Waals surface area contributed by atoms with E-state index >= 15 is 0 Å². The van der Waals surface area contributed by atoms with E-state index in [9.17, 15) is 0 Å². The molecule has 0 aliphatic rings. The fraction of sp³-hybridized carbons (Fsp3) is 0. The van der Waals surface area contributed by atoms with Crippen molar-refractivity contribution in [2.24, 2.45) is 0 Å². The number of nitrogens with zero attached hydrogens (tertiary/aromatic N) is 1. The summed E-state index contributed by atoms with van der Waals surface area (Å²) in [6.45, 7) is 0. The van der Waals surface area contributed by atoms with Gasteiger partial charge in [0.2, 0.25) is 0 Å². The Morgan fingerprint density at radius 2 is 0.896 bits per heavy atom. The third-order valence-corrected chi connectivity index (χ3v) is 9.28. The van der Waals surface area contributed by atoms with E-state index in [0.29, 0.717) is 0 Å².